The lowest BCUT2D eigenvalue weighted by Gasteiger charge is -2.10. The van der Waals surface area contributed by atoms with E-state index in [4.69, 9.17) is 0 Å². The van der Waals surface area contributed by atoms with Crippen molar-refractivity contribution < 1.29 is 4.92 Å². The Morgan fingerprint density at radius 3 is 1.94 bits per heavy atom. The van der Waals surface area contributed by atoms with Crippen molar-refractivity contribution in [2.24, 2.45) is 0 Å². The van der Waals surface area contributed by atoms with Crippen LogP contribution in [-0.4, -0.2) is 21.4 Å². The third-order valence-corrected chi connectivity index (χ3v) is 6.11. The molecule has 0 fully saturated rings. The Balaban J connectivity index is 1.61. The van der Waals surface area contributed by atoms with Crippen LogP contribution in [0.25, 0.3) is 0 Å². The van der Waals surface area contributed by atoms with Gasteiger partial charge in [-0.2, -0.15) is 0 Å². The Kier molecular flexibility index (Phi) is 13.6. The number of nitrogens with one attached hydrogen (secondary N) is 2. The molecule has 0 atom stereocenters. The monoisotopic (exact) mass is 469 g/mol. The van der Waals surface area contributed by atoms with E-state index in [1.54, 1.807) is 0 Å². The van der Waals surface area contributed by atoms with Gasteiger partial charge in [0.25, 0.3) is 0 Å². The largest absolute Gasteiger partial charge is 0.364 e. The van der Waals surface area contributed by atoms with Crippen LogP contribution in [0.3, 0.4) is 0 Å². The molecule has 2 aromatic rings. The number of nitro groups is 1. The lowest BCUT2D eigenvalue weighted by molar-refractivity contribution is -0.383. The van der Waals surface area contributed by atoms with Gasteiger partial charge < -0.3 is 10.6 Å². The molecule has 0 saturated carbocycles. The molecule has 0 spiro atoms. The summed E-state index contributed by atoms with van der Waals surface area (Å²) in [4.78, 5) is 19.5. The molecule has 34 heavy (non-hydrogen) atoms. The van der Waals surface area contributed by atoms with Crippen LogP contribution in [0.1, 0.15) is 102 Å². The van der Waals surface area contributed by atoms with Crippen LogP contribution in [0.5, 0.6) is 0 Å². The van der Waals surface area contributed by atoms with E-state index in [-0.39, 0.29) is 17.3 Å². The first kappa shape index (κ1) is 27.5. The number of nitrogens with zero attached hydrogens (tertiary/aromatic N) is 3. The standard InChI is InChI=1S/C27H43N5O2/c1-3-4-5-6-7-8-9-10-11-12-13-14-15-16-20-28-26-25(32(33)34)27(30-22-29-26)31-24-19-17-18-23(2)21-24/h17-19,21-22H,3-16,20H2,1-2H3,(H2,28,29,30,31). The lowest BCUT2D eigenvalue weighted by atomic mass is 10.0. The second kappa shape index (κ2) is 16.8. The number of aryl methyl sites for hydroxylation is 1. The van der Waals surface area contributed by atoms with Gasteiger partial charge in [-0.25, -0.2) is 9.97 Å². The predicted octanol–water partition coefficient (Wildman–Crippen LogP) is 8.33. The van der Waals surface area contributed by atoms with Gasteiger partial charge in [0.05, 0.1) is 4.92 Å². The van der Waals surface area contributed by atoms with E-state index in [2.05, 4.69) is 27.5 Å². The summed E-state index contributed by atoms with van der Waals surface area (Å²) < 4.78 is 0. The van der Waals surface area contributed by atoms with Crippen molar-refractivity contribution in [1.29, 1.82) is 0 Å². The van der Waals surface area contributed by atoms with Gasteiger partial charge in [0.2, 0.25) is 11.6 Å². The Hall–Kier alpha value is -2.70. The average molecular weight is 470 g/mol. The first-order valence-corrected chi connectivity index (χ1v) is 13.2. The quantitative estimate of drug-likeness (QED) is 0.122. The van der Waals surface area contributed by atoms with E-state index in [0.29, 0.717) is 6.54 Å². The van der Waals surface area contributed by atoms with E-state index < -0.39 is 4.92 Å². The van der Waals surface area contributed by atoms with Crippen LogP contribution >= 0.6 is 0 Å². The fraction of sp³-hybridized carbons (Fsp3) is 0.630. The second-order valence-corrected chi connectivity index (χ2v) is 9.19. The molecule has 0 amide bonds. The van der Waals surface area contributed by atoms with Gasteiger partial charge in [-0.1, -0.05) is 103 Å². The van der Waals surface area contributed by atoms with Gasteiger partial charge in [-0.3, -0.25) is 10.1 Å². The van der Waals surface area contributed by atoms with Crippen molar-refractivity contribution in [2.45, 2.75) is 104 Å². The molecule has 0 aliphatic heterocycles. The van der Waals surface area contributed by atoms with Gasteiger partial charge in [-0.05, 0) is 31.0 Å². The van der Waals surface area contributed by atoms with Gasteiger partial charge >= 0.3 is 5.69 Å². The van der Waals surface area contributed by atoms with Gasteiger partial charge in [0, 0.05) is 12.2 Å². The zero-order valence-corrected chi connectivity index (χ0v) is 21.2. The molecule has 1 heterocycles. The third-order valence-electron chi connectivity index (χ3n) is 6.11. The Morgan fingerprint density at radius 2 is 1.38 bits per heavy atom. The number of unbranched alkanes of at least 4 members (excludes halogenated alkanes) is 13. The Labute approximate surface area is 205 Å². The summed E-state index contributed by atoms with van der Waals surface area (Å²) in [5, 5.41) is 17.9. The molecular weight excluding hydrogens is 426 g/mol. The fourth-order valence-electron chi connectivity index (χ4n) is 4.16. The van der Waals surface area contributed by atoms with E-state index >= 15 is 0 Å². The highest BCUT2D eigenvalue weighted by molar-refractivity contribution is 5.73. The summed E-state index contributed by atoms with van der Waals surface area (Å²) >= 11 is 0. The number of hydrogen-bond donors (Lipinski definition) is 2. The molecule has 7 heteroatoms. The van der Waals surface area contributed by atoms with E-state index in [1.165, 1.54) is 83.4 Å². The van der Waals surface area contributed by atoms with Crippen molar-refractivity contribution in [3.05, 3.63) is 46.3 Å². The fourth-order valence-corrected chi connectivity index (χ4v) is 4.16. The minimum absolute atomic E-state index is 0.116. The van der Waals surface area contributed by atoms with Crippen LogP contribution in [0.4, 0.5) is 23.0 Å². The molecule has 7 nitrogen and oxygen atoms in total. The molecule has 0 unspecified atom stereocenters. The topological polar surface area (TPSA) is 93.0 Å². The molecule has 0 bridgehead atoms. The number of rotatable bonds is 19. The van der Waals surface area contributed by atoms with Crippen molar-refractivity contribution in [3.8, 4) is 0 Å². The van der Waals surface area contributed by atoms with Crippen LogP contribution in [-0.2, 0) is 0 Å². The summed E-state index contributed by atoms with van der Waals surface area (Å²) in [5.41, 5.74) is 1.71. The normalized spacial score (nSPS) is 10.9. The lowest BCUT2D eigenvalue weighted by Crippen LogP contribution is -2.09. The van der Waals surface area contributed by atoms with E-state index in [9.17, 15) is 10.1 Å². The zero-order valence-electron chi connectivity index (χ0n) is 21.2. The third kappa shape index (κ3) is 10.9. The highest BCUT2D eigenvalue weighted by Crippen LogP contribution is 2.31. The second-order valence-electron chi connectivity index (χ2n) is 9.19. The molecule has 2 N–H and O–H groups in total. The van der Waals surface area contributed by atoms with Crippen molar-refractivity contribution in [3.63, 3.8) is 0 Å². The Morgan fingerprint density at radius 1 is 0.824 bits per heavy atom. The smallest absolute Gasteiger partial charge is 0.353 e. The zero-order chi connectivity index (χ0) is 24.4. The maximum atomic E-state index is 11.7. The van der Waals surface area contributed by atoms with Crippen LogP contribution in [0.2, 0.25) is 0 Å². The van der Waals surface area contributed by atoms with Crippen LogP contribution in [0.15, 0.2) is 30.6 Å². The predicted molar refractivity (Wildman–Crippen MR) is 142 cm³/mol. The van der Waals surface area contributed by atoms with Gasteiger partial charge in [-0.15, -0.1) is 0 Å². The molecule has 0 aliphatic rings. The SMILES string of the molecule is CCCCCCCCCCCCCCCCNc1ncnc(Nc2cccc(C)c2)c1[N+](=O)[O-]. The van der Waals surface area contributed by atoms with Crippen molar-refractivity contribution in [2.75, 3.05) is 17.2 Å². The first-order valence-electron chi connectivity index (χ1n) is 13.2. The molecule has 188 valence electrons. The molecule has 0 radical (unpaired) electrons. The highest BCUT2D eigenvalue weighted by atomic mass is 16.6. The minimum Gasteiger partial charge on any atom is -0.364 e. The summed E-state index contributed by atoms with van der Waals surface area (Å²) in [7, 11) is 0. The first-order chi connectivity index (χ1) is 16.6. The van der Waals surface area contributed by atoms with E-state index in [1.807, 2.05) is 31.2 Å². The highest BCUT2D eigenvalue weighted by Gasteiger charge is 2.22. The number of anilines is 3. The average Bonchev–Trinajstić information content (AvgIpc) is 2.81. The summed E-state index contributed by atoms with van der Waals surface area (Å²) in [6.07, 6.45) is 19.7. The minimum atomic E-state index is -0.425. The van der Waals surface area contributed by atoms with Crippen LogP contribution in [0, 0.1) is 17.0 Å². The maximum absolute atomic E-state index is 11.7. The van der Waals surface area contributed by atoms with Gasteiger partial charge in [0.15, 0.2) is 0 Å². The number of benzene rings is 1. The number of hydrogen-bond acceptors (Lipinski definition) is 6. The van der Waals surface area contributed by atoms with Crippen molar-refractivity contribution in [1.82, 2.24) is 9.97 Å². The molecule has 0 aliphatic carbocycles. The molecular formula is C27H43N5O2. The number of aromatic nitrogens is 2. The van der Waals surface area contributed by atoms with Crippen LogP contribution < -0.4 is 10.6 Å². The molecule has 0 saturated heterocycles. The maximum Gasteiger partial charge on any atom is 0.353 e. The van der Waals surface area contributed by atoms with E-state index in [0.717, 1.165) is 24.1 Å². The summed E-state index contributed by atoms with van der Waals surface area (Å²) in [6.45, 7) is 4.91. The molecule has 1 aromatic heterocycles. The summed E-state index contributed by atoms with van der Waals surface area (Å²) in [6, 6.07) is 7.66. The van der Waals surface area contributed by atoms with Crippen molar-refractivity contribution >= 4 is 23.0 Å². The summed E-state index contributed by atoms with van der Waals surface area (Å²) in [5.74, 6) is 0.471. The molecule has 2 rings (SSSR count). The Bertz CT molecular complexity index is 844. The molecule has 1 aromatic carbocycles. The van der Waals surface area contributed by atoms with Gasteiger partial charge in [0.1, 0.15) is 6.33 Å².